The van der Waals surface area contributed by atoms with Crippen LogP contribution in [0.1, 0.15) is 61.8 Å². The van der Waals surface area contributed by atoms with Gasteiger partial charge in [0.1, 0.15) is 0 Å². The minimum Gasteiger partial charge on any atom is -0.256 e. The van der Waals surface area contributed by atoms with Gasteiger partial charge < -0.3 is 0 Å². The first-order valence-electron chi connectivity index (χ1n) is 12.6. The van der Waals surface area contributed by atoms with Crippen LogP contribution < -0.4 is 0 Å². The van der Waals surface area contributed by atoms with Crippen molar-refractivity contribution < 1.29 is 0 Å². The lowest BCUT2D eigenvalue weighted by Gasteiger charge is -2.05. The third kappa shape index (κ3) is 5.41. The summed E-state index contributed by atoms with van der Waals surface area (Å²) in [6, 6.07) is 31.7. The fourth-order valence-electron chi connectivity index (χ4n) is 4.19. The molecule has 4 aromatic carbocycles. The van der Waals surface area contributed by atoms with Gasteiger partial charge in [-0.1, -0.05) is 88.4 Å². The lowest BCUT2D eigenvalue weighted by molar-refractivity contribution is 0.866. The molecule has 0 amide bonds. The number of hydrogen-bond donors (Lipinski definition) is 0. The molecular formula is C33H31N3. The summed E-state index contributed by atoms with van der Waals surface area (Å²) < 4.78 is 0. The predicted molar refractivity (Wildman–Crippen MR) is 155 cm³/mol. The van der Waals surface area contributed by atoms with Crippen LogP contribution in [0.15, 0.2) is 101 Å². The van der Waals surface area contributed by atoms with Gasteiger partial charge in [0.15, 0.2) is 0 Å². The quantitative estimate of drug-likeness (QED) is 0.180. The van der Waals surface area contributed by atoms with E-state index in [0.29, 0.717) is 11.8 Å². The summed E-state index contributed by atoms with van der Waals surface area (Å²) in [5.41, 5.74) is 8.49. The Balaban J connectivity index is 1.39. The van der Waals surface area contributed by atoms with E-state index in [-0.39, 0.29) is 0 Å². The summed E-state index contributed by atoms with van der Waals surface area (Å²) in [6.07, 6.45) is 3.82. The summed E-state index contributed by atoms with van der Waals surface area (Å²) in [5.74, 6) is 1.06. The Kier molecular flexibility index (Phi) is 6.73. The van der Waals surface area contributed by atoms with E-state index >= 15 is 0 Å². The van der Waals surface area contributed by atoms with Crippen LogP contribution in [0.5, 0.6) is 0 Å². The lowest BCUT2D eigenvalue weighted by atomic mass is 10.0. The van der Waals surface area contributed by atoms with Crippen LogP contribution in [0.4, 0.5) is 11.4 Å². The van der Waals surface area contributed by atoms with Crippen LogP contribution in [-0.4, -0.2) is 17.4 Å². The number of benzene rings is 4. The van der Waals surface area contributed by atoms with E-state index in [4.69, 9.17) is 15.0 Å². The number of pyridine rings is 1. The molecule has 1 heterocycles. The second-order valence-corrected chi connectivity index (χ2v) is 9.90. The molecule has 0 aliphatic rings. The van der Waals surface area contributed by atoms with Gasteiger partial charge in [0.25, 0.3) is 0 Å². The number of hydrogen-bond acceptors (Lipinski definition) is 3. The topological polar surface area (TPSA) is 37.6 Å². The van der Waals surface area contributed by atoms with Gasteiger partial charge in [-0.3, -0.25) is 9.98 Å². The molecule has 5 rings (SSSR count). The molecule has 5 aromatic rings. The molecule has 0 N–H and O–H groups in total. The van der Waals surface area contributed by atoms with Gasteiger partial charge in [0.05, 0.1) is 22.4 Å². The molecule has 0 saturated carbocycles. The summed E-state index contributed by atoms with van der Waals surface area (Å²) in [7, 11) is 0. The molecule has 0 unspecified atom stereocenters. The fraction of sp³-hybridized carbons (Fsp3) is 0.182. The van der Waals surface area contributed by atoms with E-state index in [1.165, 1.54) is 11.1 Å². The first-order valence-corrected chi connectivity index (χ1v) is 12.6. The Morgan fingerprint density at radius 3 is 1.33 bits per heavy atom. The Hall–Kier alpha value is -4.11. The summed E-state index contributed by atoms with van der Waals surface area (Å²) in [4.78, 5) is 14.3. The smallest absolute Gasteiger partial charge is 0.0731 e. The van der Waals surface area contributed by atoms with Gasteiger partial charge in [-0.25, -0.2) is 4.98 Å². The van der Waals surface area contributed by atoms with E-state index in [2.05, 4.69) is 94.4 Å². The van der Waals surface area contributed by atoms with Crippen LogP contribution in [0.25, 0.3) is 21.8 Å². The van der Waals surface area contributed by atoms with Crippen molar-refractivity contribution in [3.05, 3.63) is 113 Å². The highest BCUT2D eigenvalue weighted by atomic mass is 14.7. The molecular weight excluding hydrogens is 438 g/mol. The highest BCUT2D eigenvalue weighted by Crippen LogP contribution is 2.27. The largest absolute Gasteiger partial charge is 0.256 e. The van der Waals surface area contributed by atoms with Gasteiger partial charge in [-0.2, -0.15) is 0 Å². The first kappa shape index (κ1) is 23.6. The van der Waals surface area contributed by atoms with Crippen LogP contribution in [0.3, 0.4) is 0 Å². The first-order chi connectivity index (χ1) is 17.4. The number of fused-ring (bicyclic) bond motifs is 2. The van der Waals surface area contributed by atoms with E-state index < -0.39 is 0 Å². The summed E-state index contributed by atoms with van der Waals surface area (Å²) >= 11 is 0. The molecule has 1 aromatic heterocycles. The monoisotopic (exact) mass is 469 g/mol. The molecule has 0 saturated heterocycles. The normalized spacial score (nSPS) is 12.2. The Labute approximate surface area is 213 Å². The minimum atomic E-state index is 0.528. The standard InChI is InChI=1S/C33H31N3/c1-22(2)26-9-5-24(6-10-26)20-34-30-15-13-28-17-29-14-16-31(19-33(29)36-32(28)18-30)35-21-25-7-11-27(12-8-25)23(3)4/h5-23H,1-4H3. The zero-order valence-electron chi connectivity index (χ0n) is 21.3. The van der Waals surface area contributed by atoms with E-state index in [0.717, 1.165) is 44.3 Å². The van der Waals surface area contributed by atoms with Gasteiger partial charge in [0, 0.05) is 23.2 Å². The zero-order valence-corrected chi connectivity index (χ0v) is 21.3. The highest BCUT2D eigenvalue weighted by molar-refractivity contribution is 5.95. The fourth-order valence-corrected chi connectivity index (χ4v) is 4.19. The molecule has 0 atom stereocenters. The van der Waals surface area contributed by atoms with Crippen LogP contribution in [0, 0.1) is 0 Å². The maximum Gasteiger partial charge on any atom is 0.0731 e. The van der Waals surface area contributed by atoms with Crippen LogP contribution in [0.2, 0.25) is 0 Å². The SMILES string of the molecule is CC(C)c1ccc(C=Nc2ccc3cc4ccc(N=Cc5ccc(C(C)C)cc5)cc4nc3c2)cc1. The molecule has 3 heteroatoms. The van der Waals surface area contributed by atoms with E-state index in [1.807, 2.05) is 36.7 Å². The van der Waals surface area contributed by atoms with Crippen molar-refractivity contribution in [3.8, 4) is 0 Å². The predicted octanol–water partition coefficient (Wildman–Crippen LogP) is 9.14. The number of nitrogens with zero attached hydrogens (tertiary/aromatic N) is 3. The van der Waals surface area contributed by atoms with Gasteiger partial charge in [-0.05, 0) is 64.4 Å². The molecule has 36 heavy (non-hydrogen) atoms. The maximum absolute atomic E-state index is 4.92. The number of rotatable bonds is 6. The van der Waals surface area contributed by atoms with Gasteiger partial charge in [0.2, 0.25) is 0 Å². The minimum absolute atomic E-state index is 0.528. The van der Waals surface area contributed by atoms with E-state index in [1.54, 1.807) is 0 Å². The Morgan fingerprint density at radius 2 is 0.944 bits per heavy atom. The third-order valence-corrected chi connectivity index (χ3v) is 6.51. The van der Waals surface area contributed by atoms with Gasteiger partial charge in [-0.15, -0.1) is 0 Å². The zero-order chi connectivity index (χ0) is 25.1. The number of aliphatic imine (C=N–C) groups is 2. The molecule has 0 aliphatic carbocycles. The molecule has 0 fully saturated rings. The second-order valence-electron chi connectivity index (χ2n) is 9.90. The molecule has 0 aliphatic heterocycles. The van der Waals surface area contributed by atoms with Crippen LogP contribution >= 0.6 is 0 Å². The molecule has 3 nitrogen and oxygen atoms in total. The number of aromatic nitrogens is 1. The Bertz CT molecular complexity index is 1440. The lowest BCUT2D eigenvalue weighted by Crippen LogP contribution is -1.88. The Morgan fingerprint density at radius 1 is 0.528 bits per heavy atom. The third-order valence-electron chi connectivity index (χ3n) is 6.51. The average molecular weight is 470 g/mol. The van der Waals surface area contributed by atoms with Crippen LogP contribution in [-0.2, 0) is 0 Å². The highest BCUT2D eigenvalue weighted by Gasteiger charge is 2.03. The average Bonchev–Trinajstić information content (AvgIpc) is 2.89. The maximum atomic E-state index is 4.92. The van der Waals surface area contributed by atoms with E-state index in [9.17, 15) is 0 Å². The van der Waals surface area contributed by atoms with Crippen molar-refractivity contribution in [2.75, 3.05) is 0 Å². The van der Waals surface area contributed by atoms with Gasteiger partial charge >= 0.3 is 0 Å². The van der Waals surface area contributed by atoms with Crippen molar-refractivity contribution in [2.24, 2.45) is 9.98 Å². The van der Waals surface area contributed by atoms with Crippen molar-refractivity contribution >= 4 is 45.6 Å². The summed E-state index contributed by atoms with van der Waals surface area (Å²) in [6.45, 7) is 8.82. The van der Waals surface area contributed by atoms with Crippen molar-refractivity contribution in [3.63, 3.8) is 0 Å². The molecule has 0 bridgehead atoms. The molecule has 0 radical (unpaired) electrons. The van der Waals surface area contributed by atoms with Crippen molar-refractivity contribution in [1.82, 2.24) is 4.98 Å². The molecule has 178 valence electrons. The van der Waals surface area contributed by atoms with Crippen molar-refractivity contribution in [1.29, 1.82) is 0 Å². The summed E-state index contributed by atoms with van der Waals surface area (Å²) in [5, 5.41) is 2.20. The second kappa shape index (κ2) is 10.2. The molecule has 0 spiro atoms. The van der Waals surface area contributed by atoms with Crippen molar-refractivity contribution in [2.45, 2.75) is 39.5 Å².